The molecule has 0 radical (unpaired) electrons. The lowest BCUT2D eigenvalue weighted by atomic mass is 10.0. The van der Waals surface area contributed by atoms with Crippen molar-refractivity contribution in [3.63, 3.8) is 0 Å². The maximum atomic E-state index is 14.3. The molecule has 1 fully saturated rings. The smallest absolute Gasteiger partial charge is 0.264 e. The highest BCUT2D eigenvalue weighted by Gasteiger charge is 2.24. The summed E-state index contributed by atoms with van der Waals surface area (Å²) in [5.74, 6) is -0.984. The number of piperazine rings is 1. The summed E-state index contributed by atoms with van der Waals surface area (Å²) in [5.41, 5.74) is 2.54. The number of nitrogens with one attached hydrogen (secondary N) is 2. The van der Waals surface area contributed by atoms with E-state index in [1.807, 2.05) is 12.1 Å². The van der Waals surface area contributed by atoms with Crippen LogP contribution >= 0.6 is 0 Å². The number of H-pyrrole nitrogens is 1. The molecule has 4 heterocycles. The van der Waals surface area contributed by atoms with E-state index in [2.05, 4.69) is 48.5 Å². The molecule has 0 spiro atoms. The van der Waals surface area contributed by atoms with E-state index in [9.17, 15) is 17.2 Å². The van der Waals surface area contributed by atoms with E-state index >= 15 is 0 Å². The first-order chi connectivity index (χ1) is 21.1. The number of methoxy groups -OCH3 is 1. The Labute approximate surface area is 252 Å². The minimum atomic E-state index is -4.45. The first-order valence-corrected chi connectivity index (χ1v) is 15.5. The Balaban J connectivity index is 1.30. The van der Waals surface area contributed by atoms with Crippen LogP contribution in [0.2, 0.25) is 0 Å². The third kappa shape index (κ3) is 6.00. The second-order valence-corrected chi connectivity index (χ2v) is 12.5. The molecule has 0 atom stereocenters. The van der Waals surface area contributed by atoms with Crippen LogP contribution in [-0.4, -0.2) is 77.7 Å². The summed E-state index contributed by atoms with van der Waals surface area (Å²) in [6.45, 7) is 8.96. The number of anilines is 1. The lowest BCUT2D eigenvalue weighted by Gasteiger charge is -2.36. The van der Waals surface area contributed by atoms with Crippen LogP contribution < -0.4 is 9.46 Å². The van der Waals surface area contributed by atoms with E-state index in [-0.39, 0.29) is 11.6 Å². The number of sulfonamides is 1. The lowest BCUT2D eigenvalue weighted by molar-refractivity contribution is 0.0992. The van der Waals surface area contributed by atoms with Crippen LogP contribution in [0.3, 0.4) is 0 Å². The fraction of sp³-hybridized carbons (Fsp3) is 0.300. The van der Waals surface area contributed by atoms with Crippen LogP contribution in [0.25, 0.3) is 33.5 Å². The molecule has 1 aliphatic heterocycles. The van der Waals surface area contributed by atoms with Crippen LogP contribution in [-0.2, 0) is 16.6 Å². The first kappa shape index (κ1) is 29.7. The van der Waals surface area contributed by atoms with E-state index in [0.717, 1.165) is 49.5 Å². The van der Waals surface area contributed by atoms with Crippen molar-refractivity contribution in [2.45, 2.75) is 31.3 Å². The number of rotatable bonds is 9. The molecular formula is C30H31F2N7O4S. The molecule has 2 N–H and O–H groups in total. The van der Waals surface area contributed by atoms with Crippen LogP contribution in [0.4, 0.5) is 14.5 Å². The van der Waals surface area contributed by atoms with E-state index < -0.39 is 26.6 Å². The largest absolute Gasteiger partial charge is 0.480 e. The number of aromatic amines is 1. The maximum absolute atomic E-state index is 14.3. The Hall–Kier alpha value is -4.40. The maximum Gasteiger partial charge on any atom is 0.264 e. The molecule has 11 nitrogen and oxygen atoms in total. The molecule has 0 aliphatic carbocycles. The molecule has 1 saturated heterocycles. The van der Waals surface area contributed by atoms with Gasteiger partial charge in [0.25, 0.3) is 10.0 Å². The number of fused-ring (bicyclic) bond motifs is 1. The van der Waals surface area contributed by atoms with Crippen LogP contribution in [0, 0.1) is 11.6 Å². The van der Waals surface area contributed by atoms with Gasteiger partial charge in [-0.2, -0.15) is 5.10 Å². The van der Waals surface area contributed by atoms with Gasteiger partial charge in [0.15, 0.2) is 0 Å². The third-order valence-electron chi connectivity index (χ3n) is 7.66. The topological polar surface area (TPSA) is 129 Å². The summed E-state index contributed by atoms with van der Waals surface area (Å²) >= 11 is 0. The van der Waals surface area contributed by atoms with Gasteiger partial charge in [-0.1, -0.05) is 0 Å². The van der Waals surface area contributed by atoms with Crippen LogP contribution in [0.5, 0.6) is 5.88 Å². The van der Waals surface area contributed by atoms with Crippen molar-refractivity contribution in [1.29, 1.82) is 0 Å². The number of pyridine rings is 1. The molecule has 1 aliphatic rings. The van der Waals surface area contributed by atoms with E-state index in [1.165, 1.54) is 19.4 Å². The predicted octanol–water partition coefficient (Wildman–Crippen LogP) is 4.89. The molecule has 14 heteroatoms. The van der Waals surface area contributed by atoms with Gasteiger partial charge in [0.2, 0.25) is 11.8 Å². The fourth-order valence-corrected chi connectivity index (χ4v) is 6.41. The first-order valence-electron chi connectivity index (χ1n) is 14.0. The minimum absolute atomic E-state index is 0.0315. The van der Waals surface area contributed by atoms with Crippen LogP contribution in [0.15, 0.2) is 64.3 Å². The zero-order chi connectivity index (χ0) is 31.0. The second-order valence-electron chi connectivity index (χ2n) is 10.9. The average Bonchev–Trinajstić information content (AvgIpc) is 3.66. The highest BCUT2D eigenvalue weighted by molar-refractivity contribution is 7.92. The fourth-order valence-electron chi connectivity index (χ4n) is 5.30. The highest BCUT2D eigenvalue weighted by Crippen LogP contribution is 2.36. The predicted molar refractivity (Wildman–Crippen MR) is 161 cm³/mol. The Morgan fingerprint density at radius 1 is 1.02 bits per heavy atom. The normalized spacial score (nSPS) is 14.9. The van der Waals surface area contributed by atoms with Gasteiger partial charge in [0, 0.05) is 61.0 Å². The Morgan fingerprint density at radius 3 is 2.55 bits per heavy atom. The summed E-state index contributed by atoms with van der Waals surface area (Å²) < 4.78 is 67.6. The van der Waals surface area contributed by atoms with Gasteiger partial charge < -0.3 is 9.15 Å². The van der Waals surface area contributed by atoms with Gasteiger partial charge >= 0.3 is 0 Å². The van der Waals surface area contributed by atoms with Crippen molar-refractivity contribution < 1.29 is 26.4 Å². The van der Waals surface area contributed by atoms with Crippen molar-refractivity contribution in [2.75, 3.05) is 38.0 Å². The van der Waals surface area contributed by atoms with Crippen molar-refractivity contribution >= 4 is 26.6 Å². The van der Waals surface area contributed by atoms with E-state index in [4.69, 9.17) is 9.15 Å². The number of nitrogens with zero attached hydrogens (tertiary/aromatic N) is 5. The Bertz CT molecular complexity index is 1920. The molecule has 44 heavy (non-hydrogen) atoms. The molecule has 230 valence electrons. The van der Waals surface area contributed by atoms with Gasteiger partial charge in [-0.15, -0.1) is 0 Å². The number of hydrogen-bond acceptors (Lipinski definition) is 9. The van der Waals surface area contributed by atoms with Gasteiger partial charge in [0.05, 0.1) is 31.6 Å². The summed E-state index contributed by atoms with van der Waals surface area (Å²) in [5, 5.41) is 7.95. The minimum Gasteiger partial charge on any atom is -0.480 e. The van der Waals surface area contributed by atoms with Crippen molar-refractivity contribution in [2.24, 2.45) is 0 Å². The molecule has 0 unspecified atom stereocenters. The molecule has 0 amide bonds. The summed E-state index contributed by atoms with van der Waals surface area (Å²) in [6.07, 6.45) is 4.94. The highest BCUT2D eigenvalue weighted by atomic mass is 32.2. The van der Waals surface area contributed by atoms with Gasteiger partial charge in [0.1, 0.15) is 28.0 Å². The number of ether oxygens (including phenoxy) is 1. The number of aromatic nitrogens is 4. The summed E-state index contributed by atoms with van der Waals surface area (Å²) in [7, 11) is -3.11. The van der Waals surface area contributed by atoms with Crippen molar-refractivity contribution in [3.05, 3.63) is 72.4 Å². The number of oxazole rings is 1. The lowest BCUT2D eigenvalue weighted by Crippen LogP contribution is -2.48. The quantitative estimate of drug-likeness (QED) is 0.236. The number of benzene rings is 2. The van der Waals surface area contributed by atoms with Gasteiger partial charge in [-0.25, -0.2) is 27.2 Å². The van der Waals surface area contributed by atoms with Crippen LogP contribution in [0.1, 0.15) is 19.6 Å². The molecule has 0 saturated carbocycles. The molecule has 0 bridgehead atoms. The molecular weight excluding hydrogens is 592 g/mol. The average molecular weight is 624 g/mol. The SMILES string of the molecule is COc1ncc(-c2cc(-c3ncc(CN4CCN(C(C)C)CC4)o3)c3cn[nH]c3c2)cc1NS(=O)(=O)c1ccc(F)cc1F. The Kier molecular flexibility index (Phi) is 8.05. The standard InChI is InChI=1S/C30H31F2N7O4S/c1-18(2)39-8-6-38(7-9-39)17-22-15-34-29(43-22)23-10-19(11-26-24(23)16-35-36-26)20-12-27(30(42-3)33-14-20)37-44(40,41)28-5-4-21(31)13-25(28)32/h4-5,10-16,18,37H,6-9,17H2,1-3H3,(H,35,36). The molecule has 6 rings (SSSR count). The number of hydrogen-bond donors (Lipinski definition) is 2. The zero-order valence-electron chi connectivity index (χ0n) is 24.3. The zero-order valence-corrected chi connectivity index (χ0v) is 25.2. The molecule has 2 aromatic carbocycles. The third-order valence-corrected chi connectivity index (χ3v) is 9.06. The summed E-state index contributed by atoms with van der Waals surface area (Å²) in [4.78, 5) is 12.9. The monoisotopic (exact) mass is 623 g/mol. The summed E-state index contributed by atoms with van der Waals surface area (Å²) in [6, 6.07) is 7.96. The van der Waals surface area contributed by atoms with Gasteiger partial charge in [-0.05, 0) is 49.7 Å². The van der Waals surface area contributed by atoms with Crippen molar-refractivity contribution in [3.8, 4) is 28.5 Å². The Morgan fingerprint density at radius 2 is 1.82 bits per heavy atom. The van der Waals surface area contributed by atoms with E-state index in [0.29, 0.717) is 46.8 Å². The van der Waals surface area contributed by atoms with Crippen molar-refractivity contribution in [1.82, 2.24) is 30.0 Å². The van der Waals surface area contributed by atoms with E-state index in [1.54, 1.807) is 12.4 Å². The van der Waals surface area contributed by atoms with Gasteiger partial charge in [-0.3, -0.25) is 19.6 Å². The molecule has 3 aromatic heterocycles. The number of halogens is 2. The molecule has 5 aromatic rings. The second kappa shape index (κ2) is 11.9.